The molecule has 16 heavy (non-hydrogen) atoms. The van der Waals surface area contributed by atoms with E-state index < -0.39 is 0 Å². The second-order valence-electron chi connectivity index (χ2n) is 3.38. The van der Waals surface area contributed by atoms with Gasteiger partial charge in [-0.25, -0.2) is 4.39 Å². The molecule has 0 aliphatic heterocycles. The Morgan fingerprint density at radius 2 is 2.12 bits per heavy atom. The van der Waals surface area contributed by atoms with E-state index in [-0.39, 0.29) is 5.82 Å². The van der Waals surface area contributed by atoms with Crippen LogP contribution in [0.3, 0.4) is 0 Å². The summed E-state index contributed by atoms with van der Waals surface area (Å²) in [5.74, 6) is 0.806. The molecule has 0 aliphatic carbocycles. The zero-order valence-corrected chi connectivity index (χ0v) is 10.4. The monoisotopic (exact) mass is 243 g/mol. The molecular weight excluding hydrogens is 225 g/mol. The minimum absolute atomic E-state index is 0.125. The van der Waals surface area contributed by atoms with E-state index in [0.29, 0.717) is 0 Å². The van der Waals surface area contributed by atoms with Crippen LogP contribution in [0.5, 0.6) is 0 Å². The second kappa shape index (κ2) is 8.56. The fourth-order valence-electron chi connectivity index (χ4n) is 1.24. The van der Waals surface area contributed by atoms with E-state index in [4.69, 9.17) is 4.74 Å². The van der Waals surface area contributed by atoms with Crippen molar-refractivity contribution < 1.29 is 9.13 Å². The number of rotatable bonds is 8. The molecule has 0 saturated heterocycles. The van der Waals surface area contributed by atoms with Gasteiger partial charge < -0.3 is 10.1 Å². The van der Waals surface area contributed by atoms with Crippen LogP contribution in [0, 0.1) is 5.82 Å². The Morgan fingerprint density at radius 1 is 1.31 bits per heavy atom. The highest BCUT2D eigenvalue weighted by Crippen LogP contribution is 2.21. The highest BCUT2D eigenvalue weighted by atomic mass is 32.2. The predicted molar refractivity (Wildman–Crippen MR) is 66.5 cm³/mol. The number of thioether (sulfide) groups is 1. The summed E-state index contributed by atoms with van der Waals surface area (Å²) in [7, 11) is 1.69. The average Bonchev–Trinajstić information content (AvgIpc) is 2.30. The first-order chi connectivity index (χ1) is 7.84. The van der Waals surface area contributed by atoms with Gasteiger partial charge in [0.15, 0.2) is 0 Å². The van der Waals surface area contributed by atoms with Crippen LogP contribution < -0.4 is 5.32 Å². The maximum atomic E-state index is 13.2. The van der Waals surface area contributed by atoms with Crippen molar-refractivity contribution in [3.05, 3.63) is 30.1 Å². The molecule has 0 amide bonds. The normalized spacial score (nSPS) is 10.6. The van der Waals surface area contributed by atoms with Gasteiger partial charge in [0.25, 0.3) is 0 Å². The average molecular weight is 243 g/mol. The van der Waals surface area contributed by atoms with Gasteiger partial charge in [0, 0.05) is 18.6 Å². The topological polar surface area (TPSA) is 21.3 Å². The Bertz CT molecular complexity index is 296. The molecule has 0 saturated carbocycles. The molecule has 0 heterocycles. The molecule has 0 bridgehead atoms. The number of nitrogens with one attached hydrogen (secondary N) is 1. The van der Waals surface area contributed by atoms with Gasteiger partial charge in [0.05, 0.1) is 6.61 Å². The smallest absolute Gasteiger partial charge is 0.136 e. The van der Waals surface area contributed by atoms with Gasteiger partial charge >= 0.3 is 0 Å². The largest absolute Gasteiger partial charge is 0.383 e. The van der Waals surface area contributed by atoms with Crippen LogP contribution in [0.15, 0.2) is 29.2 Å². The van der Waals surface area contributed by atoms with Crippen LogP contribution in [0.2, 0.25) is 0 Å². The summed E-state index contributed by atoms with van der Waals surface area (Å²) >= 11 is 1.56. The molecule has 2 nitrogen and oxygen atoms in total. The number of ether oxygens (including phenoxy) is 1. The molecule has 1 aromatic carbocycles. The van der Waals surface area contributed by atoms with E-state index in [1.165, 1.54) is 6.07 Å². The Hall–Kier alpha value is -0.580. The van der Waals surface area contributed by atoms with Crippen molar-refractivity contribution in [1.82, 2.24) is 5.32 Å². The molecule has 0 aliphatic rings. The van der Waals surface area contributed by atoms with Crippen molar-refractivity contribution in [1.29, 1.82) is 0 Å². The highest BCUT2D eigenvalue weighted by Gasteiger charge is 1.99. The number of hydrogen-bond acceptors (Lipinski definition) is 3. The maximum absolute atomic E-state index is 13.2. The molecule has 1 N–H and O–H groups in total. The zero-order chi connectivity index (χ0) is 11.6. The summed E-state index contributed by atoms with van der Waals surface area (Å²) in [6.45, 7) is 2.56. The lowest BCUT2D eigenvalue weighted by molar-refractivity contribution is 0.199. The molecule has 1 aromatic rings. The highest BCUT2D eigenvalue weighted by molar-refractivity contribution is 7.99. The van der Waals surface area contributed by atoms with E-state index in [1.54, 1.807) is 24.9 Å². The third-order valence-corrected chi connectivity index (χ3v) is 3.21. The lowest BCUT2D eigenvalue weighted by Gasteiger charge is -2.04. The van der Waals surface area contributed by atoms with E-state index >= 15 is 0 Å². The molecule has 0 radical (unpaired) electrons. The fraction of sp³-hybridized carbons (Fsp3) is 0.500. The molecule has 0 aromatic heterocycles. The van der Waals surface area contributed by atoms with Crippen LogP contribution in [0.1, 0.15) is 6.42 Å². The molecule has 0 atom stereocenters. The van der Waals surface area contributed by atoms with Gasteiger partial charge in [-0.05, 0) is 30.9 Å². The quantitative estimate of drug-likeness (QED) is 0.560. The molecule has 0 unspecified atom stereocenters. The third kappa shape index (κ3) is 5.49. The Balaban J connectivity index is 2.05. The standard InChI is InChI=1S/C12H18FNOS/c1-15-9-8-14-7-4-10-16-12-6-3-2-5-11(12)13/h2-3,5-6,14H,4,7-10H2,1H3. The molecule has 0 fully saturated rings. The minimum Gasteiger partial charge on any atom is -0.383 e. The first kappa shape index (κ1) is 13.5. The van der Waals surface area contributed by atoms with Gasteiger partial charge in [-0.3, -0.25) is 0 Å². The van der Waals surface area contributed by atoms with Crippen LogP contribution in [0.25, 0.3) is 0 Å². The predicted octanol–water partition coefficient (Wildman–Crippen LogP) is 2.54. The Kier molecular flexibility index (Phi) is 7.21. The first-order valence-corrected chi connectivity index (χ1v) is 6.40. The molecular formula is C12H18FNOS. The van der Waals surface area contributed by atoms with Crippen molar-refractivity contribution in [2.24, 2.45) is 0 Å². The lowest BCUT2D eigenvalue weighted by atomic mass is 10.3. The summed E-state index contributed by atoms with van der Waals surface area (Å²) in [5, 5.41) is 3.26. The van der Waals surface area contributed by atoms with E-state index in [9.17, 15) is 4.39 Å². The number of benzene rings is 1. The van der Waals surface area contributed by atoms with Gasteiger partial charge in [0.2, 0.25) is 0 Å². The number of halogens is 1. The Morgan fingerprint density at radius 3 is 2.88 bits per heavy atom. The zero-order valence-electron chi connectivity index (χ0n) is 9.54. The lowest BCUT2D eigenvalue weighted by Crippen LogP contribution is -2.20. The van der Waals surface area contributed by atoms with Gasteiger partial charge in [-0.2, -0.15) is 0 Å². The van der Waals surface area contributed by atoms with Crippen LogP contribution in [-0.2, 0) is 4.74 Å². The second-order valence-corrected chi connectivity index (χ2v) is 4.51. The summed E-state index contributed by atoms with van der Waals surface area (Å²) in [6.07, 6.45) is 1.03. The number of hydrogen-bond donors (Lipinski definition) is 1. The first-order valence-electron chi connectivity index (χ1n) is 5.41. The third-order valence-electron chi connectivity index (χ3n) is 2.08. The fourth-order valence-corrected chi connectivity index (χ4v) is 2.13. The summed E-state index contributed by atoms with van der Waals surface area (Å²) in [6, 6.07) is 6.89. The van der Waals surface area contributed by atoms with Crippen LogP contribution in [-0.4, -0.2) is 32.6 Å². The summed E-state index contributed by atoms with van der Waals surface area (Å²) < 4.78 is 18.1. The van der Waals surface area contributed by atoms with Crippen LogP contribution in [0.4, 0.5) is 4.39 Å². The van der Waals surface area contributed by atoms with E-state index in [1.807, 2.05) is 12.1 Å². The van der Waals surface area contributed by atoms with E-state index in [0.717, 1.165) is 36.8 Å². The van der Waals surface area contributed by atoms with Crippen molar-refractivity contribution in [2.45, 2.75) is 11.3 Å². The van der Waals surface area contributed by atoms with Crippen molar-refractivity contribution >= 4 is 11.8 Å². The van der Waals surface area contributed by atoms with Crippen molar-refractivity contribution in [3.63, 3.8) is 0 Å². The minimum atomic E-state index is -0.125. The SMILES string of the molecule is COCCNCCCSc1ccccc1F. The Labute approximate surface area is 101 Å². The molecule has 4 heteroatoms. The summed E-state index contributed by atoms with van der Waals surface area (Å²) in [5.41, 5.74) is 0. The van der Waals surface area contributed by atoms with Crippen molar-refractivity contribution in [2.75, 3.05) is 32.6 Å². The van der Waals surface area contributed by atoms with Crippen molar-refractivity contribution in [3.8, 4) is 0 Å². The number of methoxy groups -OCH3 is 1. The van der Waals surface area contributed by atoms with E-state index in [2.05, 4.69) is 5.32 Å². The van der Waals surface area contributed by atoms with Gasteiger partial charge in [0.1, 0.15) is 5.82 Å². The molecule has 0 spiro atoms. The summed E-state index contributed by atoms with van der Waals surface area (Å²) in [4.78, 5) is 0.736. The molecule has 90 valence electrons. The van der Waals surface area contributed by atoms with Gasteiger partial charge in [-0.1, -0.05) is 12.1 Å². The van der Waals surface area contributed by atoms with Gasteiger partial charge in [-0.15, -0.1) is 11.8 Å². The maximum Gasteiger partial charge on any atom is 0.136 e. The molecule has 1 rings (SSSR count). The van der Waals surface area contributed by atoms with Crippen LogP contribution >= 0.6 is 11.8 Å².